The summed E-state index contributed by atoms with van der Waals surface area (Å²) < 4.78 is 1.78. The molecule has 10 nitrogen and oxygen atoms in total. The van der Waals surface area contributed by atoms with Crippen molar-refractivity contribution in [2.45, 2.75) is 44.1 Å². The minimum absolute atomic E-state index is 0.313. The van der Waals surface area contributed by atoms with Gasteiger partial charge in [-0.25, -0.2) is 15.0 Å². The first-order chi connectivity index (χ1) is 14.4. The fourth-order valence-corrected chi connectivity index (χ4v) is 4.00. The number of aromatic nitrogens is 5. The number of hydrogen-bond donors (Lipinski definition) is 3. The predicted molar refractivity (Wildman–Crippen MR) is 110 cm³/mol. The number of carbonyl (C=O) groups is 1. The van der Waals surface area contributed by atoms with E-state index >= 15 is 0 Å². The number of imidazole rings is 1. The van der Waals surface area contributed by atoms with Gasteiger partial charge in [0.1, 0.15) is 18.5 Å². The van der Waals surface area contributed by atoms with Crippen LogP contribution in [-0.4, -0.2) is 73.0 Å². The number of nitrogens with one attached hydrogen (secondary N) is 1. The van der Waals surface area contributed by atoms with E-state index in [-0.39, 0.29) is 5.91 Å². The van der Waals surface area contributed by atoms with E-state index in [9.17, 15) is 15.0 Å². The molecule has 4 rings (SSSR count). The maximum absolute atomic E-state index is 12.6. The highest BCUT2D eigenvalue weighted by atomic mass is 16.3. The van der Waals surface area contributed by atoms with Crippen LogP contribution in [0, 0.1) is 6.92 Å². The Bertz CT molecular complexity index is 1070. The SMILES string of the molecule is Cc1ncccc1C(=O)N[C@@H]1CC[C@@H](n2cnc3c(N(C)C)ncnc32)[C@@H](O)[C@@H]1O. The first kappa shape index (κ1) is 20.2. The summed E-state index contributed by atoms with van der Waals surface area (Å²) in [4.78, 5) is 31.6. The summed E-state index contributed by atoms with van der Waals surface area (Å²) in [5.41, 5.74) is 2.29. The lowest BCUT2D eigenvalue weighted by molar-refractivity contribution is -0.0552. The van der Waals surface area contributed by atoms with Gasteiger partial charge in [0.2, 0.25) is 0 Å². The number of hydrogen-bond acceptors (Lipinski definition) is 8. The van der Waals surface area contributed by atoms with E-state index < -0.39 is 24.3 Å². The van der Waals surface area contributed by atoms with Crippen LogP contribution in [0.25, 0.3) is 11.2 Å². The molecular formula is C20H25N7O3. The summed E-state index contributed by atoms with van der Waals surface area (Å²) in [7, 11) is 3.74. The van der Waals surface area contributed by atoms with E-state index in [4.69, 9.17) is 0 Å². The molecule has 0 aromatic carbocycles. The highest BCUT2D eigenvalue weighted by Crippen LogP contribution is 2.32. The normalized spacial score (nSPS) is 24.0. The molecule has 0 saturated heterocycles. The third-order valence-electron chi connectivity index (χ3n) is 5.62. The molecule has 4 atom stereocenters. The van der Waals surface area contributed by atoms with Gasteiger partial charge in [0.15, 0.2) is 17.0 Å². The van der Waals surface area contributed by atoms with Gasteiger partial charge in [-0.2, -0.15) is 0 Å². The van der Waals surface area contributed by atoms with Crippen molar-refractivity contribution in [2.24, 2.45) is 0 Å². The molecule has 1 fully saturated rings. The van der Waals surface area contributed by atoms with Crippen LogP contribution < -0.4 is 10.2 Å². The Morgan fingerprint density at radius 2 is 1.97 bits per heavy atom. The first-order valence-corrected chi connectivity index (χ1v) is 9.82. The minimum Gasteiger partial charge on any atom is -0.388 e. The molecular weight excluding hydrogens is 386 g/mol. The van der Waals surface area contributed by atoms with Crippen molar-refractivity contribution in [3.8, 4) is 0 Å². The average molecular weight is 411 g/mol. The van der Waals surface area contributed by atoms with Crippen LogP contribution in [0.1, 0.15) is 34.9 Å². The lowest BCUT2D eigenvalue weighted by atomic mass is 9.85. The van der Waals surface area contributed by atoms with Crippen LogP contribution in [-0.2, 0) is 0 Å². The zero-order valence-electron chi connectivity index (χ0n) is 17.1. The van der Waals surface area contributed by atoms with Crippen LogP contribution in [0.2, 0.25) is 0 Å². The zero-order valence-corrected chi connectivity index (χ0v) is 17.1. The number of pyridine rings is 1. The fourth-order valence-electron chi connectivity index (χ4n) is 4.00. The van der Waals surface area contributed by atoms with Gasteiger partial charge in [-0.05, 0) is 31.9 Å². The molecule has 0 unspecified atom stereocenters. The van der Waals surface area contributed by atoms with Gasteiger partial charge in [0, 0.05) is 26.0 Å². The molecule has 1 saturated carbocycles. The Hall–Kier alpha value is -3.11. The number of rotatable bonds is 4. The molecule has 30 heavy (non-hydrogen) atoms. The van der Waals surface area contributed by atoms with Gasteiger partial charge in [-0.1, -0.05) is 0 Å². The lowest BCUT2D eigenvalue weighted by Gasteiger charge is -2.38. The first-order valence-electron chi connectivity index (χ1n) is 9.82. The quantitative estimate of drug-likeness (QED) is 0.564. The number of aliphatic hydroxyl groups excluding tert-OH is 2. The zero-order chi connectivity index (χ0) is 21.4. The van der Waals surface area contributed by atoms with Crippen molar-refractivity contribution in [3.05, 3.63) is 42.2 Å². The Morgan fingerprint density at radius 1 is 1.17 bits per heavy atom. The van der Waals surface area contributed by atoms with Gasteiger partial charge >= 0.3 is 0 Å². The van der Waals surface area contributed by atoms with Crippen LogP contribution in [0.4, 0.5) is 5.82 Å². The number of fused-ring (bicyclic) bond motifs is 1. The van der Waals surface area contributed by atoms with E-state index in [1.54, 1.807) is 36.1 Å². The van der Waals surface area contributed by atoms with Crippen molar-refractivity contribution in [1.82, 2.24) is 29.8 Å². The van der Waals surface area contributed by atoms with Crippen molar-refractivity contribution in [2.75, 3.05) is 19.0 Å². The van der Waals surface area contributed by atoms with E-state index in [0.29, 0.717) is 41.1 Å². The lowest BCUT2D eigenvalue weighted by Crippen LogP contribution is -2.54. The number of nitrogens with zero attached hydrogens (tertiary/aromatic N) is 6. The molecule has 0 aliphatic heterocycles. The maximum Gasteiger partial charge on any atom is 0.253 e. The summed E-state index contributed by atoms with van der Waals surface area (Å²) in [6.45, 7) is 1.76. The molecule has 3 aromatic rings. The second-order valence-electron chi connectivity index (χ2n) is 7.76. The molecule has 1 amide bonds. The van der Waals surface area contributed by atoms with Crippen molar-refractivity contribution < 1.29 is 15.0 Å². The second-order valence-corrected chi connectivity index (χ2v) is 7.76. The van der Waals surface area contributed by atoms with Crippen LogP contribution in [0.3, 0.4) is 0 Å². The molecule has 10 heteroatoms. The van der Waals surface area contributed by atoms with E-state index in [0.717, 1.165) is 0 Å². The average Bonchev–Trinajstić information content (AvgIpc) is 3.15. The van der Waals surface area contributed by atoms with Crippen LogP contribution in [0.15, 0.2) is 31.0 Å². The molecule has 158 valence electrons. The van der Waals surface area contributed by atoms with Crippen LogP contribution >= 0.6 is 0 Å². The number of amides is 1. The van der Waals surface area contributed by atoms with Gasteiger partial charge < -0.3 is 25.0 Å². The third-order valence-corrected chi connectivity index (χ3v) is 5.62. The van der Waals surface area contributed by atoms with Gasteiger partial charge in [-0.15, -0.1) is 0 Å². The molecule has 3 N–H and O–H groups in total. The highest BCUT2D eigenvalue weighted by Gasteiger charge is 2.40. The number of aliphatic hydroxyl groups is 2. The van der Waals surface area contributed by atoms with Crippen molar-refractivity contribution in [3.63, 3.8) is 0 Å². The summed E-state index contributed by atoms with van der Waals surface area (Å²) in [5, 5.41) is 24.4. The molecule has 0 radical (unpaired) electrons. The fraction of sp³-hybridized carbons (Fsp3) is 0.450. The Labute approximate surface area is 173 Å². The summed E-state index contributed by atoms with van der Waals surface area (Å²) in [5.74, 6) is 0.369. The predicted octanol–water partition coefficient (Wildman–Crippen LogP) is 0.451. The number of aryl methyl sites for hydroxylation is 1. The standard InChI is InChI=1S/C20H25N7O3/c1-11-12(5-4-8-21-11)20(30)25-13-6-7-14(17(29)16(13)28)27-10-24-15-18(26(2)3)22-9-23-19(15)27/h4-5,8-10,13-14,16-17,28-29H,6-7H2,1-3H3,(H,25,30)/t13-,14-,16-,17-/m1/s1. The summed E-state index contributed by atoms with van der Waals surface area (Å²) in [6.07, 6.45) is 3.52. The van der Waals surface area contributed by atoms with Gasteiger partial charge in [0.25, 0.3) is 5.91 Å². The van der Waals surface area contributed by atoms with E-state index in [2.05, 4.69) is 25.3 Å². The van der Waals surface area contributed by atoms with Crippen molar-refractivity contribution >= 4 is 22.9 Å². The van der Waals surface area contributed by atoms with Gasteiger partial charge in [-0.3, -0.25) is 9.78 Å². The molecule has 3 aromatic heterocycles. The monoisotopic (exact) mass is 411 g/mol. The number of anilines is 1. The number of carbonyl (C=O) groups excluding carboxylic acids is 1. The molecule has 3 heterocycles. The summed E-state index contributed by atoms with van der Waals surface area (Å²) in [6, 6.07) is 2.40. The van der Waals surface area contributed by atoms with E-state index in [1.165, 1.54) is 6.33 Å². The Balaban J connectivity index is 1.54. The molecule has 0 bridgehead atoms. The second kappa shape index (κ2) is 7.96. The molecule has 0 spiro atoms. The summed E-state index contributed by atoms with van der Waals surface area (Å²) >= 11 is 0. The minimum atomic E-state index is -1.13. The molecule has 1 aliphatic carbocycles. The smallest absolute Gasteiger partial charge is 0.253 e. The Morgan fingerprint density at radius 3 is 2.70 bits per heavy atom. The van der Waals surface area contributed by atoms with Crippen molar-refractivity contribution in [1.29, 1.82) is 0 Å². The topological polar surface area (TPSA) is 129 Å². The highest BCUT2D eigenvalue weighted by molar-refractivity contribution is 5.95. The third kappa shape index (κ3) is 3.48. The maximum atomic E-state index is 12.6. The van der Waals surface area contributed by atoms with E-state index in [1.807, 2.05) is 19.0 Å². The van der Waals surface area contributed by atoms with Gasteiger partial charge in [0.05, 0.1) is 24.0 Å². The molecule has 1 aliphatic rings. The van der Waals surface area contributed by atoms with Crippen LogP contribution in [0.5, 0.6) is 0 Å². The largest absolute Gasteiger partial charge is 0.388 e. The Kier molecular flexibility index (Phi) is 5.35.